The molecule has 10 heteroatoms. The molecule has 1 atom stereocenters. The van der Waals surface area contributed by atoms with E-state index in [9.17, 15) is 9.59 Å². The van der Waals surface area contributed by atoms with E-state index < -0.39 is 5.41 Å². The lowest BCUT2D eigenvalue weighted by Gasteiger charge is -2.40. The predicted octanol–water partition coefficient (Wildman–Crippen LogP) is 2.49. The van der Waals surface area contributed by atoms with Gasteiger partial charge in [-0.25, -0.2) is 4.98 Å². The number of fused-ring (bicyclic) bond motifs is 1. The van der Waals surface area contributed by atoms with Crippen molar-refractivity contribution in [3.63, 3.8) is 0 Å². The van der Waals surface area contributed by atoms with Gasteiger partial charge in [0.1, 0.15) is 11.4 Å². The van der Waals surface area contributed by atoms with Gasteiger partial charge in [0.25, 0.3) is 5.91 Å². The quantitative estimate of drug-likeness (QED) is 0.672. The molecular formula is C25H35N7O3. The Labute approximate surface area is 206 Å². The van der Waals surface area contributed by atoms with Crippen LogP contribution >= 0.6 is 0 Å². The summed E-state index contributed by atoms with van der Waals surface area (Å²) in [6, 6.07) is 5.40. The Morgan fingerprint density at radius 2 is 2.03 bits per heavy atom. The Balaban J connectivity index is 1.73. The summed E-state index contributed by atoms with van der Waals surface area (Å²) in [5.74, 6) is 1.49. The lowest BCUT2D eigenvalue weighted by atomic mass is 9.90. The molecule has 1 aromatic heterocycles. The fourth-order valence-corrected chi connectivity index (χ4v) is 4.90. The third-order valence-electron chi connectivity index (χ3n) is 6.81. The zero-order valence-electron chi connectivity index (χ0n) is 21.4. The second-order valence-corrected chi connectivity index (χ2v) is 9.96. The second-order valence-electron chi connectivity index (χ2n) is 9.96. The first-order valence-electron chi connectivity index (χ1n) is 11.9. The van der Waals surface area contributed by atoms with Gasteiger partial charge in [-0.05, 0) is 58.5 Å². The van der Waals surface area contributed by atoms with Gasteiger partial charge in [0.05, 0.1) is 24.4 Å². The summed E-state index contributed by atoms with van der Waals surface area (Å²) in [6.07, 6.45) is 3.84. The maximum absolute atomic E-state index is 13.3. The molecule has 1 saturated heterocycles. The highest BCUT2D eigenvalue weighted by Crippen LogP contribution is 2.39. The molecule has 4 rings (SSSR count). The van der Waals surface area contributed by atoms with Gasteiger partial charge in [-0.1, -0.05) is 0 Å². The minimum atomic E-state index is -0.571. The number of likely N-dealkylation sites (N-methyl/N-ethyl adjacent to an activating group) is 1. The molecular weight excluding hydrogens is 446 g/mol. The van der Waals surface area contributed by atoms with E-state index in [0.29, 0.717) is 35.2 Å². The number of ether oxygens (including phenoxy) is 1. The standard InChI is InChI=1S/C25H35N7O3/c1-25(2)15-32(17-8-7-11-30(4)14-17)21-19(31(5)23(25)34)13-27-24(29-21)28-18-10-9-16(22(33)26-3)12-20(18)35-6/h9-10,12-13,17H,7-8,11,14-15H2,1-6H3,(H,26,33)(H,27,28,29)/t17-/m1/s1. The molecule has 0 spiro atoms. The van der Waals surface area contributed by atoms with Crippen LogP contribution in [0.25, 0.3) is 0 Å². The number of likely N-dealkylation sites (tertiary alicyclic amines) is 1. The van der Waals surface area contributed by atoms with Gasteiger partial charge in [0.2, 0.25) is 11.9 Å². The SMILES string of the molecule is CNC(=O)c1ccc(Nc2ncc3c(n2)N([C@@H]2CCCN(C)C2)CC(C)(C)C(=O)N3C)c(OC)c1. The van der Waals surface area contributed by atoms with Crippen molar-refractivity contribution in [1.82, 2.24) is 20.2 Å². The minimum absolute atomic E-state index is 0.0428. The second kappa shape index (κ2) is 9.69. The Kier molecular flexibility index (Phi) is 6.84. The normalized spacial score (nSPS) is 20.2. The smallest absolute Gasteiger partial charge is 0.251 e. The maximum atomic E-state index is 13.3. The van der Waals surface area contributed by atoms with Crippen molar-refractivity contribution in [2.75, 3.05) is 63.0 Å². The van der Waals surface area contributed by atoms with Crippen molar-refractivity contribution in [2.45, 2.75) is 32.7 Å². The molecule has 2 aromatic rings. The van der Waals surface area contributed by atoms with Crippen molar-refractivity contribution >= 4 is 35.0 Å². The van der Waals surface area contributed by atoms with Crippen LogP contribution < -0.4 is 25.2 Å². The lowest BCUT2D eigenvalue weighted by Crippen LogP contribution is -2.51. The maximum Gasteiger partial charge on any atom is 0.251 e. The molecule has 0 radical (unpaired) electrons. The summed E-state index contributed by atoms with van der Waals surface area (Å²) in [5.41, 5.74) is 1.26. The van der Waals surface area contributed by atoms with E-state index in [0.717, 1.165) is 31.7 Å². The molecule has 35 heavy (non-hydrogen) atoms. The summed E-state index contributed by atoms with van der Waals surface area (Å²) in [4.78, 5) is 41.0. The monoisotopic (exact) mass is 481 g/mol. The van der Waals surface area contributed by atoms with Gasteiger partial charge >= 0.3 is 0 Å². The molecule has 2 aliphatic heterocycles. The minimum Gasteiger partial charge on any atom is -0.495 e. The number of hydrogen-bond donors (Lipinski definition) is 2. The van der Waals surface area contributed by atoms with Crippen LogP contribution in [0.5, 0.6) is 5.75 Å². The third kappa shape index (κ3) is 4.88. The van der Waals surface area contributed by atoms with Crippen LogP contribution in [0, 0.1) is 5.41 Å². The number of benzene rings is 1. The van der Waals surface area contributed by atoms with Crippen LogP contribution in [-0.2, 0) is 4.79 Å². The van der Waals surface area contributed by atoms with Crippen molar-refractivity contribution < 1.29 is 14.3 Å². The molecule has 0 aliphatic carbocycles. The fraction of sp³-hybridized carbons (Fsp3) is 0.520. The van der Waals surface area contributed by atoms with E-state index in [4.69, 9.17) is 9.72 Å². The highest BCUT2D eigenvalue weighted by atomic mass is 16.5. The number of methoxy groups -OCH3 is 1. The van der Waals surface area contributed by atoms with E-state index >= 15 is 0 Å². The number of nitrogens with one attached hydrogen (secondary N) is 2. The molecule has 2 aliphatic rings. The van der Waals surface area contributed by atoms with E-state index in [1.54, 1.807) is 50.5 Å². The molecule has 10 nitrogen and oxygen atoms in total. The van der Waals surface area contributed by atoms with Gasteiger partial charge in [-0.3, -0.25) is 9.59 Å². The Hall–Kier alpha value is -3.40. The number of piperidine rings is 1. The number of anilines is 4. The number of amides is 2. The molecule has 1 fully saturated rings. The van der Waals surface area contributed by atoms with Crippen LogP contribution in [0.15, 0.2) is 24.4 Å². The summed E-state index contributed by atoms with van der Waals surface area (Å²) in [7, 11) is 7.06. The van der Waals surface area contributed by atoms with Gasteiger partial charge in [-0.2, -0.15) is 4.98 Å². The largest absolute Gasteiger partial charge is 0.495 e. The Morgan fingerprint density at radius 3 is 2.71 bits per heavy atom. The van der Waals surface area contributed by atoms with Crippen molar-refractivity contribution in [1.29, 1.82) is 0 Å². The molecule has 188 valence electrons. The fourth-order valence-electron chi connectivity index (χ4n) is 4.90. The highest BCUT2D eigenvalue weighted by Gasteiger charge is 2.41. The number of carbonyl (C=O) groups excluding carboxylic acids is 2. The summed E-state index contributed by atoms with van der Waals surface area (Å²) >= 11 is 0. The van der Waals surface area contributed by atoms with Crippen LogP contribution in [-0.4, -0.2) is 80.6 Å². The van der Waals surface area contributed by atoms with Crippen molar-refractivity contribution in [2.24, 2.45) is 5.41 Å². The van der Waals surface area contributed by atoms with Gasteiger partial charge < -0.3 is 30.1 Å². The molecule has 0 saturated carbocycles. The van der Waals surface area contributed by atoms with Crippen LogP contribution in [0.3, 0.4) is 0 Å². The number of carbonyl (C=O) groups is 2. The van der Waals surface area contributed by atoms with E-state index in [-0.39, 0.29) is 17.9 Å². The van der Waals surface area contributed by atoms with Crippen LogP contribution in [0.1, 0.15) is 37.0 Å². The van der Waals surface area contributed by atoms with Crippen molar-refractivity contribution in [3.8, 4) is 5.75 Å². The summed E-state index contributed by atoms with van der Waals surface area (Å²) < 4.78 is 5.51. The van der Waals surface area contributed by atoms with E-state index in [2.05, 4.69) is 32.5 Å². The molecule has 1 aromatic carbocycles. The zero-order valence-corrected chi connectivity index (χ0v) is 21.4. The number of nitrogens with zero attached hydrogens (tertiary/aromatic N) is 5. The van der Waals surface area contributed by atoms with Gasteiger partial charge in [0.15, 0.2) is 5.82 Å². The molecule has 0 bridgehead atoms. The Morgan fingerprint density at radius 1 is 1.26 bits per heavy atom. The van der Waals surface area contributed by atoms with Crippen molar-refractivity contribution in [3.05, 3.63) is 30.0 Å². The lowest BCUT2D eigenvalue weighted by molar-refractivity contribution is -0.125. The van der Waals surface area contributed by atoms with E-state index in [1.807, 2.05) is 13.8 Å². The zero-order chi connectivity index (χ0) is 25.3. The first-order chi connectivity index (χ1) is 16.6. The van der Waals surface area contributed by atoms with E-state index in [1.165, 1.54) is 0 Å². The first kappa shape index (κ1) is 24.7. The van der Waals surface area contributed by atoms with Crippen LogP contribution in [0.4, 0.5) is 23.1 Å². The predicted molar refractivity (Wildman–Crippen MR) is 137 cm³/mol. The van der Waals surface area contributed by atoms with Crippen LogP contribution in [0.2, 0.25) is 0 Å². The Bertz CT molecular complexity index is 1120. The third-order valence-corrected chi connectivity index (χ3v) is 6.81. The molecule has 0 unspecified atom stereocenters. The average molecular weight is 482 g/mol. The van der Waals surface area contributed by atoms with Gasteiger partial charge in [0, 0.05) is 38.8 Å². The average Bonchev–Trinajstić information content (AvgIpc) is 2.92. The topological polar surface area (TPSA) is 103 Å². The summed E-state index contributed by atoms with van der Waals surface area (Å²) in [6.45, 7) is 6.53. The van der Waals surface area contributed by atoms with Gasteiger partial charge in [-0.15, -0.1) is 0 Å². The first-order valence-corrected chi connectivity index (χ1v) is 11.9. The number of aromatic nitrogens is 2. The highest BCUT2D eigenvalue weighted by molar-refractivity contribution is 6.01. The molecule has 3 heterocycles. The number of rotatable bonds is 5. The summed E-state index contributed by atoms with van der Waals surface area (Å²) in [5, 5.41) is 5.85. The molecule has 2 amide bonds. The number of hydrogen-bond acceptors (Lipinski definition) is 8. The molecule has 2 N–H and O–H groups in total.